The van der Waals surface area contributed by atoms with Crippen LogP contribution in [0.4, 0.5) is 4.39 Å². The zero-order valence-corrected chi connectivity index (χ0v) is 12.1. The molecule has 0 atom stereocenters. The highest BCUT2D eigenvalue weighted by Crippen LogP contribution is 2.27. The van der Waals surface area contributed by atoms with Crippen molar-refractivity contribution in [3.8, 4) is 0 Å². The van der Waals surface area contributed by atoms with Crippen LogP contribution >= 0.6 is 11.8 Å². The van der Waals surface area contributed by atoms with Crippen molar-refractivity contribution in [2.45, 2.75) is 24.1 Å². The maximum atomic E-state index is 13.2. The van der Waals surface area contributed by atoms with E-state index in [2.05, 4.69) is 36.5 Å². The Balaban J connectivity index is 2.10. The smallest absolute Gasteiger partial charge is 0.123 e. The van der Waals surface area contributed by atoms with Crippen LogP contribution in [0.15, 0.2) is 47.4 Å². The Morgan fingerprint density at radius 3 is 2.74 bits per heavy atom. The Morgan fingerprint density at radius 1 is 1.16 bits per heavy atom. The van der Waals surface area contributed by atoms with Gasteiger partial charge in [0.2, 0.25) is 0 Å². The molecule has 2 rings (SSSR count). The van der Waals surface area contributed by atoms with Gasteiger partial charge in [-0.2, -0.15) is 0 Å². The quantitative estimate of drug-likeness (QED) is 0.823. The van der Waals surface area contributed by atoms with E-state index in [1.165, 1.54) is 17.2 Å². The van der Waals surface area contributed by atoms with E-state index in [1.807, 2.05) is 13.1 Å². The third-order valence-electron chi connectivity index (χ3n) is 2.87. The Hall–Kier alpha value is -1.32. The van der Waals surface area contributed by atoms with E-state index in [-0.39, 0.29) is 5.82 Å². The molecule has 0 amide bonds. The fourth-order valence-corrected chi connectivity index (χ4v) is 2.96. The van der Waals surface area contributed by atoms with Crippen LogP contribution in [0.5, 0.6) is 0 Å². The molecule has 0 radical (unpaired) electrons. The predicted molar refractivity (Wildman–Crippen MR) is 79.9 cm³/mol. The predicted octanol–water partition coefficient (Wildman–Crippen LogP) is 4.15. The Bertz CT molecular complexity index is 554. The standard InChI is InChI=1S/C16H18FNS/c1-12-4-3-5-13(8-12)11-19-16-7-6-15(17)9-14(16)10-18-2/h3-9,18H,10-11H2,1-2H3. The zero-order valence-electron chi connectivity index (χ0n) is 11.2. The highest BCUT2D eigenvalue weighted by Gasteiger charge is 2.05. The summed E-state index contributed by atoms with van der Waals surface area (Å²) in [7, 11) is 1.87. The number of nitrogens with one attached hydrogen (secondary N) is 1. The molecule has 0 saturated heterocycles. The summed E-state index contributed by atoms with van der Waals surface area (Å²) in [6.07, 6.45) is 0. The van der Waals surface area contributed by atoms with E-state index in [0.29, 0.717) is 6.54 Å². The fourth-order valence-electron chi connectivity index (χ4n) is 1.98. The molecule has 0 aliphatic rings. The molecule has 100 valence electrons. The van der Waals surface area contributed by atoms with E-state index < -0.39 is 0 Å². The SMILES string of the molecule is CNCc1cc(F)ccc1SCc1cccc(C)c1. The molecule has 1 N–H and O–H groups in total. The molecule has 0 unspecified atom stereocenters. The molecular weight excluding hydrogens is 257 g/mol. The number of aryl methyl sites for hydroxylation is 1. The van der Waals surface area contributed by atoms with Crippen LogP contribution in [0.3, 0.4) is 0 Å². The first-order valence-electron chi connectivity index (χ1n) is 6.30. The Kier molecular flexibility index (Phi) is 5.00. The van der Waals surface area contributed by atoms with Crippen LogP contribution in [0.2, 0.25) is 0 Å². The van der Waals surface area contributed by atoms with Crippen molar-refractivity contribution < 1.29 is 4.39 Å². The van der Waals surface area contributed by atoms with Gasteiger partial charge < -0.3 is 5.32 Å². The second kappa shape index (κ2) is 6.73. The molecule has 3 heteroatoms. The summed E-state index contributed by atoms with van der Waals surface area (Å²) < 4.78 is 13.2. The monoisotopic (exact) mass is 275 g/mol. The first kappa shape index (κ1) is 14.1. The minimum atomic E-state index is -0.176. The van der Waals surface area contributed by atoms with Crippen molar-refractivity contribution in [1.82, 2.24) is 5.32 Å². The third kappa shape index (κ3) is 4.08. The largest absolute Gasteiger partial charge is 0.316 e. The van der Waals surface area contributed by atoms with Gasteiger partial charge in [0.15, 0.2) is 0 Å². The van der Waals surface area contributed by atoms with E-state index in [9.17, 15) is 4.39 Å². The van der Waals surface area contributed by atoms with Gasteiger partial charge in [0.25, 0.3) is 0 Å². The van der Waals surface area contributed by atoms with Gasteiger partial charge in [-0.1, -0.05) is 29.8 Å². The lowest BCUT2D eigenvalue weighted by atomic mass is 10.2. The molecule has 2 aromatic carbocycles. The van der Waals surface area contributed by atoms with Gasteiger partial charge in [0.1, 0.15) is 5.82 Å². The number of thioether (sulfide) groups is 1. The first-order chi connectivity index (χ1) is 9.19. The molecule has 0 fully saturated rings. The molecule has 0 spiro atoms. The lowest BCUT2D eigenvalue weighted by Crippen LogP contribution is -2.06. The van der Waals surface area contributed by atoms with Crippen molar-refractivity contribution in [3.63, 3.8) is 0 Å². The van der Waals surface area contributed by atoms with Gasteiger partial charge >= 0.3 is 0 Å². The number of hydrogen-bond donors (Lipinski definition) is 1. The van der Waals surface area contributed by atoms with E-state index >= 15 is 0 Å². The molecule has 0 aliphatic heterocycles. The van der Waals surface area contributed by atoms with Crippen LogP contribution in [0.1, 0.15) is 16.7 Å². The zero-order chi connectivity index (χ0) is 13.7. The van der Waals surface area contributed by atoms with Gasteiger partial charge in [-0.25, -0.2) is 4.39 Å². The second-order valence-corrected chi connectivity index (χ2v) is 5.58. The van der Waals surface area contributed by atoms with Crippen molar-refractivity contribution in [2.75, 3.05) is 7.05 Å². The van der Waals surface area contributed by atoms with E-state index in [1.54, 1.807) is 17.8 Å². The summed E-state index contributed by atoms with van der Waals surface area (Å²) in [5.74, 6) is 0.731. The number of rotatable bonds is 5. The number of halogens is 1. The average Bonchev–Trinajstić information content (AvgIpc) is 2.38. The van der Waals surface area contributed by atoms with E-state index in [0.717, 1.165) is 16.2 Å². The van der Waals surface area contributed by atoms with E-state index in [4.69, 9.17) is 0 Å². The molecule has 0 bridgehead atoms. The maximum absolute atomic E-state index is 13.2. The van der Waals surface area contributed by atoms with Gasteiger partial charge in [0.05, 0.1) is 0 Å². The van der Waals surface area contributed by atoms with Crippen molar-refractivity contribution in [1.29, 1.82) is 0 Å². The van der Waals surface area contributed by atoms with Crippen molar-refractivity contribution >= 4 is 11.8 Å². The number of hydrogen-bond acceptors (Lipinski definition) is 2. The lowest BCUT2D eigenvalue weighted by molar-refractivity contribution is 0.621. The normalized spacial score (nSPS) is 10.7. The van der Waals surface area contributed by atoms with Crippen molar-refractivity contribution in [2.24, 2.45) is 0 Å². The minimum Gasteiger partial charge on any atom is -0.316 e. The van der Waals surface area contributed by atoms with Gasteiger partial charge in [-0.15, -0.1) is 11.8 Å². The second-order valence-electron chi connectivity index (χ2n) is 4.56. The first-order valence-corrected chi connectivity index (χ1v) is 7.29. The van der Waals surface area contributed by atoms with Crippen LogP contribution in [-0.2, 0) is 12.3 Å². The summed E-state index contributed by atoms with van der Waals surface area (Å²) >= 11 is 1.75. The fraction of sp³-hybridized carbons (Fsp3) is 0.250. The Labute approximate surface area is 118 Å². The van der Waals surface area contributed by atoms with Gasteiger partial charge in [0, 0.05) is 17.2 Å². The van der Waals surface area contributed by atoms with Gasteiger partial charge in [-0.05, 0) is 43.3 Å². The summed E-state index contributed by atoms with van der Waals surface area (Å²) in [6.45, 7) is 2.78. The van der Waals surface area contributed by atoms with Crippen molar-refractivity contribution in [3.05, 3.63) is 65.0 Å². The molecule has 1 nitrogen and oxygen atoms in total. The molecule has 2 aromatic rings. The topological polar surface area (TPSA) is 12.0 Å². The van der Waals surface area contributed by atoms with Crippen LogP contribution < -0.4 is 5.32 Å². The van der Waals surface area contributed by atoms with Crippen LogP contribution in [-0.4, -0.2) is 7.05 Å². The third-order valence-corrected chi connectivity index (χ3v) is 4.05. The lowest BCUT2D eigenvalue weighted by Gasteiger charge is -2.09. The molecule has 0 saturated carbocycles. The minimum absolute atomic E-state index is 0.176. The highest BCUT2D eigenvalue weighted by atomic mass is 32.2. The van der Waals surface area contributed by atoms with Crippen LogP contribution in [0, 0.1) is 12.7 Å². The molecule has 0 heterocycles. The number of benzene rings is 2. The average molecular weight is 275 g/mol. The molecule has 0 aromatic heterocycles. The summed E-state index contributed by atoms with van der Waals surface area (Å²) in [6, 6.07) is 13.5. The highest BCUT2D eigenvalue weighted by molar-refractivity contribution is 7.98. The maximum Gasteiger partial charge on any atom is 0.123 e. The molecular formula is C16H18FNS. The van der Waals surface area contributed by atoms with Gasteiger partial charge in [-0.3, -0.25) is 0 Å². The molecule has 0 aliphatic carbocycles. The Morgan fingerprint density at radius 2 is 2.00 bits per heavy atom. The molecule has 19 heavy (non-hydrogen) atoms. The summed E-state index contributed by atoms with van der Waals surface area (Å²) in [5.41, 5.74) is 3.58. The van der Waals surface area contributed by atoms with Crippen LogP contribution in [0.25, 0.3) is 0 Å². The summed E-state index contributed by atoms with van der Waals surface area (Å²) in [5, 5.41) is 3.08. The summed E-state index contributed by atoms with van der Waals surface area (Å²) in [4.78, 5) is 1.14.